The van der Waals surface area contributed by atoms with Crippen molar-refractivity contribution in [2.75, 3.05) is 11.4 Å². The van der Waals surface area contributed by atoms with E-state index in [1.54, 1.807) is 11.0 Å². The summed E-state index contributed by atoms with van der Waals surface area (Å²) in [7, 11) is 0. The standard InChI is InChI=1S/C26H26N2O2/c1-3-17-27-25(29)18-21-13-15-24(16-14-21)28(19-22-11-9-20(2)10-12-22)26(30)23-7-5-4-6-8-23/h3-16H,1,17-19H2,2H3,(H,27,29). The summed E-state index contributed by atoms with van der Waals surface area (Å²) in [5.74, 6) is -0.118. The molecule has 0 fully saturated rings. The summed E-state index contributed by atoms with van der Waals surface area (Å²) in [4.78, 5) is 26.9. The first-order valence-electron chi connectivity index (χ1n) is 9.96. The average molecular weight is 399 g/mol. The van der Waals surface area contributed by atoms with Crippen molar-refractivity contribution in [3.8, 4) is 0 Å². The summed E-state index contributed by atoms with van der Waals surface area (Å²) in [6, 6.07) is 25.0. The van der Waals surface area contributed by atoms with Gasteiger partial charge in [-0.2, -0.15) is 0 Å². The van der Waals surface area contributed by atoms with Gasteiger partial charge in [-0.1, -0.05) is 66.2 Å². The fourth-order valence-corrected chi connectivity index (χ4v) is 3.12. The highest BCUT2D eigenvalue weighted by molar-refractivity contribution is 6.06. The van der Waals surface area contributed by atoms with Gasteiger partial charge in [-0.25, -0.2) is 0 Å². The van der Waals surface area contributed by atoms with Gasteiger partial charge in [0, 0.05) is 17.8 Å². The highest BCUT2D eigenvalue weighted by Crippen LogP contribution is 2.21. The smallest absolute Gasteiger partial charge is 0.258 e. The number of benzene rings is 3. The molecule has 0 bridgehead atoms. The van der Waals surface area contributed by atoms with E-state index in [-0.39, 0.29) is 11.8 Å². The third-order valence-electron chi connectivity index (χ3n) is 4.78. The molecule has 0 spiro atoms. The maximum absolute atomic E-state index is 13.2. The SMILES string of the molecule is C=CCNC(=O)Cc1ccc(N(Cc2ccc(C)cc2)C(=O)c2ccccc2)cc1. The highest BCUT2D eigenvalue weighted by Gasteiger charge is 2.18. The molecule has 0 saturated carbocycles. The van der Waals surface area contributed by atoms with E-state index in [4.69, 9.17) is 0 Å². The molecule has 0 saturated heterocycles. The molecule has 4 nitrogen and oxygen atoms in total. The van der Waals surface area contributed by atoms with Gasteiger partial charge >= 0.3 is 0 Å². The minimum Gasteiger partial charge on any atom is -0.352 e. The number of anilines is 1. The zero-order valence-electron chi connectivity index (χ0n) is 17.2. The van der Waals surface area contributed by atoms with Crippen LogP contribution in [-0.4, -0.2) is 18.4 Å². The van der Waals surface area contributed by atoms with Crippen LogP contribution in [-0.2, 0) is 17.8 Å². The summed E-state index contributed by atoms with van der Waals surface area (Å²) in [6.07, 6.45) is 1.94. The van der Waals surface area contributed by atoms with Gasteiger partial charge in [-0.3, -0.25) is 9.59 Å². The van der Waals surface area contributed by atoms with Crippen molar-refractivity contribution in [3.05, 3.63) is 114 Å². The lowest BCUT2D eigenvalue weighted by molar-refractivity contribution is -0.120. The normalized spacial score (nSPS) is 10.3. The van der Waals surface area contributed by atoms with Gasteiger partial charge < -0.3 is 10.2 Å². The lowest BCUT2D eigenvalue weighted by atomic mass is 10.1. The average Bonchev–Trinajstić information content (AvgIpc) is 2.78. The number of nitrogens with one attached hydrogen (secondary N) is 1. The Morgan fingerprint density at radius 3 is 2.17 bits per heavy atom. The predicted octanol–water partition coefficient (Wildman–Crippen LogP) is 4.69. The van der Waals surface area contributed by atoms with Crippen LogP contribution in [0.4, 0.5) is 5.69 Å². The molecule has 0 aliphatic heterocycles. The number of rotatable bonds is 8. The number of aryl methyl sites for hydroxylation is 1. The van der Waals surface area contributed by atoms with Gasteiger partial charge in [-0.15, -0.1) is 6.58 Å². The van der Waals surface area contributed by atoms with Crippen LogP contribution in [0.25, 0.3) is 0 Å². The van der Waals surface area contributed by atoms with E-state index in [1.165, 1.54) is 5.56 Å². The Bertz CT molecular complexity index is 993. The van der Waals surface area contributed by atoms with Gasteiger partial charge in [0.2, 0.25) is 5.91 Å². The maximum Gasteiger partial charge on any atom is 0.258 e. The van der Waals surface area contributed by atoms with Crippen LogP contribution < -0.4 is 10.2 Å². The molecular formula is C26H26N2O2. The van der Waals surface area contributed by atoms with Gasteiger partial charge in [-0.05, 0) is 42.3 Å². The third-order valence-corrected chi connectivity index (χ3v) is 4.78. The van der Waals surface area contributed by atoms with Crippen molar-refractivity contribution in [1.82, 2.24) is 5.32 Å². The van der Waals surface area contributed by atoms with Gasteiger partial charge in [0.15, 0.2) is 0 Å². The van der Waals surface area contributed by atoms with E-state index < -0.39 is 0 Å². The molecule has 2 amide bonds. The fourth-order valence-electron chi connectivity index (χ4n) is 3.12. The second kappa shape index (κ2) is 10.2. The molecule has 152 valence electrons. The summed E-state index contributed by atoms with van der Waals surface area (Å²) in [5, 5.41) is 2.77. The minimum atomic E-state index is -0.0624. The molecule has 0 aliphatic carbocycles. The van der Waals surface area contributed by atoms with Crippen LogP contribution in [0.1, 0.15) is 27.0 Å². The third kappa shape index (κ3) is 5.67. The van der Waals surface area contributed by atoms with Crippen molar-refractivity contribution in [2.24, 2.45) is 0 Å². The van der Waals surface area contributed by atoms with Crippen molar-refractivity contribution in [2.45, 2.75) is 19.9 Å². The number of hydrogen-bond donors (Lipinski definition) is 1. The number of nitrogens with zero attached hydrogens (tertiary/aromatic N) is 1. The number of carbonyl (C=O) groups excluding carboxylic acids is 2. The first-order valence-corrected chi connectivity index (χ1v) is 9.96. The van der Waals surface area contributed by atoms with E-state index in [1.807, 2.05) is 85.8 Å². The minimum absolute atomic E-state index is 0.0560. The van der Waals surface area contributed by atoms with Crippen molar-refractivity contribution < 1.29 is 9.59 Å². The van der Waals surface area contributed by atoms with Crippen molar-refractivity contribution >= 4 is 17.5 Å². The Labute approximate surface area is 177 Å². The van der Waals surface area contributed by atoms with E-state index in [9.17, 15) is 9.59 Å². The van der Waals surface area contributed by atoms with Crippen LogP contribution in [0.15, 0.2) is 91.5 Å². The van der Waals surface area contributed by atoms with Crippen LogP contribution in [0, 0.1) is 6.92 Å². The summed E-state index contributed by atoms with van der Waals surface area (Å²) >= 11 is 0. The van der Waals surface area contributed by atoms with E-state index in [0.29, 0.717) is 25.1 Å². The monoisotopic (exact) mass is 398 g/mol. The van der Waals surface area contributed by atoms with Gasteiger partial charge in [0.25, 0.3) is 5.91 Å². The molecule has 0 aliphatic rings. The van der Waals surface area contributed by atoms with Crippen molar-refractivity contribution in [1.29, 1.82) is 0 Å². The second-order valence-electron chi connectivity index (χ2n) is 7.18. The number of hydrogen-bond acceptors (Lipinski definition) is 2. The van der Waals surface area contributed by atoms with Crippen LogP contribution in [0.3, 0.4) is 0 Å². The summed E-state index contributed by atoms with van der Waals surface area (Å²) < 4.78 is 0. The number of carbonyl (C=O) groups is 2. The van der Waals surface area contributed by atoms with E-state index in [2.05, 4.69) is 11.9 Å². The highest BCUT2D eigenvalue weighted by atomic mass is 16.2. The predicted molar refractivity (Wildman–Crippen MR) is 121 cm³/mol. The second-order valence-corrected chi connectivity index (χ2v) is 7.18. The molecule has 0 atom stereocenters. The Balaban J connectivity index is 1.83. The van der Waals surface area contributed by atoms with Crippen LogP contribution in [0.2, 0.25) is 0 Å². The lowest BCUT2D eigenvalue weighted by Crippen LogP contribution is -2.30. The Morgan fingerprint density at radius 2 is 1.53 bits per heavy atom. The summed E-state index contributed by atoms with van der Waals surface area (Å²) in [6.45, 7) is 6.56. The zero-order chi connectivity index (χ0) is 21.3. The molecule has 1 N–H and O–H groups in total. The Kier molecular flexibility index (Phi) is 7.17. The number of amides is 2. The van der Waals surface area contributed by atoms with Gasteiger partial charge in [0.05, 0.1) is 13.0 Å². The van der Waals surface area contributed by atoms with E-state index in [0.717, 1.165) is 16.8 Å². The molecule has 0 unspecified atom stereocenters. The zero-order valence-corrected chi connectivity index (χ0v) is 17.2. The Hall–Kier alpha value is -3.66. The first kappa shape index (κ1) is 21.1. The summed E-state index contributed by atoms with van der Waals surface area (Å²) in [5.41, 5.74) is 4.55. The molecule has 3 rings (SSSR count). The fraction of sp³-hybridized carbons (Fsp3) is 0.154. The van der Waals surface area contributed by atoms with E-state index >= 15 is 0 Å². The molecule has 0 aromatic heterocycles. The van der Waals surface area contributed by atoms with Gasteiger partial charge in [0.1, 0.15) is 0 Å². The quantitative estimate of drug-likeness (QED) is 0.560. The lowest BCUT2D eigenvalue weighted by Gasteiger charge is -2.23. The molecule has 3 aromatic carbocycles. The molecular weight excluding hydrogens is 372 g/mol. The molecule has 4 heteroatoms. The first-order chi connectivity index (χ1) is 14.6. The van der Waals surface area contributed by atoms with Crippen LogP contribution in [0.5, 0.6) is 0 Å². The topological polar surface area (TPSA) is 49.4 Å². The molecule has 30 heavy (non-hydrogen) atoms. The maximum atomic E-state index is 13.2. The van der Waals surface area contributed by atoms with Crippen LogP contribution >= 0.6 is 0 Å². The molecule has 3 aromatic rings. The largest absolute Gasteiger partial charge is 0.352 e. The van der Waals surface area contributed by atoms with Crippen molar-refractivity contribution in [3.63, 3.8) is 0 Å². The molecule has 0 radical (unpaired) electrons. The Morgan fingerprint density at radius 1 is 0.900 bits per heavy atom. The molecule has 0 heterocycles.